The number of pyridine rings is 1. The van der Waals surface area contributed by atoms with E-state index in [0.717, 1.165) is 17.8 Å². The van der Waals surface area contributed by atoms with Gasteiger partial charge in [0.05, 0.1) is 6.61 Å². The van der Waals surface area contributed by atoms with Crippen molar-refractivity contribution in [1.82, 2.24) is 4.98 Å². The molecule has 0 aliphatic rings. The zero-order chi connectivity index (χ0) is 22.3. The summed E-state index contributed by atoms with van der Waals surface area (Å²) in [5, 5.41) is 19.9. The lowest BCUT2D eigenvalue weighted by Gasteiger charge is -2.18. The number of thioether (sulfide) groups is 1. The van der Waals surface area contributed by atoms with Gasteiger partial charge in [0.25, 0.3) is 0 Å². The number of allylic oxidation sites excluding steroid dienone is 1. The maximum absolute atomic E-state index is 12.8. The second-order valence-corrected chi connectivity index (χ2v) is 7.03. The van der Waals surface area contributed by atoms with Gasteiger partial charge in [-0.15, -0.1) is 0 Å². The molecule has 2 rings (SSSR count). The van der Waals surface area contributed by atoms with Crippen molar-refractivity contribution in [2.45, 2.75) is 26.3 Å². The summed E-state index contributed by atoms with van der Waals surface area (Å²) in [6.45, 7) is -0.958. The molecule has 0 aliphatic heterocycles. The molecule has 0 bridgehead atoms. The molecule has 1 aromatic carbocycles. The lowest BCUT2D eigenvalue weighted by Crippen LogP contribution is -2.06. The predicted molar refractivity (Wildman–Crippen MR) is 105 cm³/mol. The van der Waals surface area contributed by atoms with Crippen molar-refractivity contribution in [3.8, 4) is 22.8 Å². The van der Waals surface area contributed by atoms with Crippen molar-refractivity contribution in [3.63, 3.8) is 0 Å². The second-order valence-electron chi connectivity index (χ2n) is 5.78. The van der Waals surface area contributed by atoms with Crippen LogP contribution in [0.4, 0.5) is 17.6 Å². The lowest BCUT2D eigenvalue weighted by atomic mass is 10.00. The van der Waals surface area contributed by atoms with Gasteiger partial charge < -0.3 is 19.7 Å². The van der Waals surface area contributed by atoms with E-state index in [1.807, 2.05) is 0 Å². The number of aliphatic hydroxyl groups is 2. The normalized spacial score (nSPS) is 12.9. The number of hydrogen-bond donors (Lipinski definition) is 2. The third-order valence-electron chi connectivity index (χ3n) is 3.84. The first-order valence-electron chi connectivity index (χ1n) is 8.55. The molecule has 0 aliphatic carbocycles. The highest BCUT2D eigenvalue weighted by Gasteiger charge is 2.19. The molecule has 1 unspecified atom stereocenters. The van der Waals surface area contributed by atoms with E-state index in [1.165, 1.54) is 30.5 Å². The van der Waals surface area contributed by atoms with E-state index >= 15 is 0 Å². The molecule has 1 aromatic heterocycles. The third-order valence-corrected chi connectivity index (χ3v) is 4.95. The Morgan fingerprint density at radius 2 is 1.87 bits per heavy atom. The zero-order valence-electron chi connectivity index (χ0n) is 15.8. The summed E-state index contributed by atoms with van der Waals surface area (Å²) in [5.41, 5.74) is 0.623. The number of ether oxygens (including phenoxy) is 2. The largest absolute Gasteiger partial charge is 0.434 e. The van der Waals surface area contributed by atoms with Crippen LogP contribution in [0.1, 0.15) is 18.6 Å². The van der Waals surface area contributed by atoms with Gasteiger partial charge >= 0.3 is 13.2 Å². The fourth-order valence-corrected chi connectivity index (χ4v) is 3.23. The minimum atomic E-state index is -3.12. The Morgan fingerprint density at radius 3 is 2.47 bits per heavy atom. The van der Waals surface area contributed by atoms with Crippen molar-refractivity contribution in [1.29, 1.82) is 0 Å². The summed E-state index contributed by atoms with van der Waals surface area (Å²) in [6.07, 6.45) is 1.64. The predicted octanol–water partition coefficient (Wildman–Crippen LogP) is 5.13. The van der Waals surface area contributed by atoms with Gasteiger partial charge in [0.2, 0.25) is 5.88 Å². The van der Waals surface area contributed by atoms with E-state index in [-0.39, 0.29) is 23.5 Å². The van der Waals surface area contributed by atoms with E-state index in [9.17, 15) is 27.8 Å². The maximum Gasteiger partial charge on any atom is 0.388 e. The Morgan fingerprint density at radius 1 is 1.17 bits per heavy atom. The molecule has 1 atom stereocenters. The second kappa shape index (κ2) is 11.0. The van der Waals surface area contributed by atoms with Crippen LogP contribution in [0.15, 0.2) is 59.0 Å². The van der Waals surface area contributed by atoms with Gasteiger partial charge in [-0.25, -0.2) is 4.98 Å². The van der Waals surface area contributed by atoms with Gasteiger partial charge in [-0.3, -0.25) is 0 Å². The third kappa shape index (κ3) is 6.48. The van der Waals surface area contributed by atoms with Crippen LogP contribution in [0.3, 0.4) is 0 Å². The SMILES string of the molecule is C=C(S/C(=C\C)CO)C(O)c1ccc(OC(F)F)c(-c2ccnc(OC(F)F)c2)c1. The van der Waals surface area contributed by atoms with Crippen molar-refractivity contribution >= 4 is 11.8 Å². The fourth-order valence-electron chi connectivity index (χ4n) is 2.47. The molecule has 0 fully saturated rings. The van der Waals surface area contributed by atoms with Gasteiger partial charge in [-0.2, -0.15) is 17.6 Å². The Bertz CT molecular complexity index is 908. The Hall–Kier alpha value is -2.56. The van der Waals surface area contributed by atoms with Gasteiger partial charge in [-0.1, -0.05) is 30.5 Å². The molecule has 162 valence electrons. The van der Waals surface area contributed by atoms with Gasteiger partial charge in [0.15, 0.2) is 0 Å². The zero-order valence-corrected chi connectivity index (χ0v) is 16.6. The summed E-state index contributed by atoms with van der Waals surface area (Å²) in [5.74, 6) is -0.630. The number of benzene rings is 1. The topological polar surface area (TPSA) is 71.8 Å². The van der Waals surface area contributed by atoms with Crippen LogP contribution in [0.25, 0.3) is 11.1 Å². The highest BCUT2D eigenvalue weighted by Crippen LogP contribution is 2.39. The van der Waals surface area contributed by atoms with Crippen molar-refractivity contribution < 1.29 is 37.2 Å². The van der Waals surface area contributed by atoms with Crippen LogP contribution < -0.4 is 9.47 Å². The first-order chi connectivity index (χ1) is 14.2. The summed E-state index contributed by atoms with van der Waals surface area (Å²) in [6, 6.07) is 6.53. The molecule has 2 aromatic rings. The van der Waals surface area contributed by atoms with E-state index in [1.54, 1.807) is 13.0 Å². The first kappa shape index (κ1) is 23.7. The lowest BCUT2D eigenvalue weighted by molar-refractivity contribution is -0.0528. The molecular weight excluding hydrogens is 426 g/mol. The van der Waals surface area contributed by atoms with Crippen molar-refractivity contribution in [2.24, 2.45) is 0 Å². The van der Waals surface area contributed by atoms with Crippen molar-refractivity contribution in [3.05, 3.63) is 64.6 Å². The molecule has 5 nitrogen and oxygen atoms in total. The number of halogens is 4. The first-order valence-corrected chi connectivity index (χ1v) is 9.37. The van der Waals surface area contributed by atoms with E-state index in [2.05, 4.69) is 21.0 Å². The highest BCUT2D eigenvalue weighted by molar-refractivity contribution is 8.06. The van der Waals surface area contributed by atoms with Crippen LogP contribution in [-0.4, -0.2) is 35.0 Å². The molecular formula is C20H19F4NO4S. The molecule has 0 radical (unpaired) electrons. The summed E-state index contributed by atoms with van der Waals surface area (Å²) in [4.78, 5) is 4.51. The van der Waals surface area contributed by atoms with E-state index in [4.69, 9.17) is 0 Å². The maximum atomic E-state index is 12.8. The van der Waals surface area contributed by atoms with Crippen LogP contribution in [0, 0.1) is 0 Å². The van der Waals surface area contributed by atoms with Crippen LogP contribution in [0.2, 0.25) is 0 Å². The fraction of sp³-hybridized carbons (Fsp3) is 0.250. The van der Waals surface area contributed by atoms with Crippen LogP contribution in [0.5, 0.6) is 11.6 Å². The summed E-state index contributed by atoms with van der Waals surface area (Å²) >= 11 is 1.08. The number of hydrogen-bond acceptors (Lipinski definition) is 6. The number of nitrogens with zero attached hydrogens (tertiary/aromatic N) is 1. The molecule has 10 heteroatoms. The van der Waals surface area contributed by atoms with Crippen LogP contribution >= 0.6 is 11.8 Å². The van der Waals surface area contributed by atoms with E-state index < -0.39 is 25.2 Å². The summed E-state index contributed by atoms with van der Waals surface area (Å²) < 4.78 is 59.4. The molecule has 0 amide bonds. The quantitative estimate of drug-likeness (QED) is 0.494. The standard InChI is InChI=1S/C20H19F4NO4S/c1-3-14(10-26)30-11(2)18(27)13-4-5-16(28-19(21)22)15(8-13)12-6-7-25-17(9-12)29-20(23)24/h3-9,18-20,26-27H,2,10H2,1H3/b14-3-. The minimum Gasteiger partial charge on any atom is -0.434 e. The molecule has 0 saturated heterocycles. The van der Waals surface area contributed by atoms with Gasteiger partial charge in [0, 0.05) is 27.6 Å². The Labute approximate surface area is 174 Å². The molecule has 1 heterocycles. The minimum absolute atomic E-state index is 0.111. The monoisotopic (exact) mass is 445 g/mol. The molecule has 0 saturated carbocycles. The number of aromatic nitrogens is 1. The Balaban J connectivity index is 2.44. The average molecular weight is 445 g/mol. The smallest absolute Gasteiger partial charge is 0.388 e. The average Bonchev–Trinajstić information content (AvgIpc) is 2.70. The number of alkyl halides is 4. The Kier molecular flexibility index (Phi) is 8.70. The molecule has 0 spiro atoms. The summed E-state index contributed by atoms with van der Waals surface area (Å²) in [7, 11) is 0. The van der Waals surface area contributed by atoms with Gasteiger partial charge in [0.1, 0.15) is 11.9 Å². The number of aliphatic hydroxyl groups excluding tert-OH is 2. The molecule has 2 N–H and O–H groups in total. The molecule has 30 heavy (non-hydrogen) atoms. The van der Waals surface area contributed by atoms with E-state index in [0.29, 0.717) is 15.4 Å². The number of rotatable bonds is 10. The van der Waals surface area contributed by atoms with Gasteiger partial charge in [-0.05, 0) is 36.2 Å². The van der Waals surface area contributed by atoms with Crippen molar-refractivity contribution in [2.75, 3.05) is 6.61 Å². The highest BCUT2D eigenvalue weighted by atomic mass is 32.2. The van der Waals surface area contributed by atoms with Crippen LogP contribution in [-0.2, 0) is 0 Å².